The van der Waals surface area contributed by atoms with Gasteiger partial charge in [0.05, 0.1) is 24.3 Å². The quantitative estimate of drug-likeness (QED) is 0.915. The number of methoxy groups -OCH3 is 1. The zero-order valence-corrected chi connectivity index (χ0v) is 12.6. The van der Waals surface area contributed by atoms with Gasteiger partial charge >= 0.3 is 6.18 Å². The maximum Gasteiger partial charge on any atom is 0.417 e. The molecule has 1 aromatic heterocycles. The van der Waals surface area contributed by atoms with E-state index in [2.05, 4.69) is 5.32 Å². The molecule has 2 atom stereocenters. The molecule has 1 unspecified atom stereocenters. The topological polar surface area (TPSA) is 69.6 Å². The lowest BCUT2D eigenvalue weighted by atomic mass is 10.1. The normalized spacial score (nSPS) is 22.0. The van der Waals surface area contributed by atoms with Crippen LogP contribution in [0.1, 0.15) is 24.9 Å². The summed E-state index contributed by atoms with van der Waals surface area (Å²) < 4.78 is 50.7. The molecule has 128 valence electrons. The van der Waals surface area contributed by atoms with Gasteiger partial charge in [0.2, 0.25) is 5.91 Å². The number of amides is 1. The van der Waals surface area contributed by atoms with Gasteiger partial charge in [-0.1, -0.05) is 0 Å². The van der Waals surface area contributed by atoms with E-state index in [1.54, 1.807) is 0 Å². The second-order valence-corrected chi connectivity index (χ2v) is 5.24. The van der Waals surface area contributed by atoms with Gasteiger partial charge in [0.15, 0.2) is 0 Å². The number of nitrogens with one attached hydrogen (secondary N) is 1. The Labute approximate surface area is 130 Å². The predicted molar refractivity (Wildman–Crippen MR) is 75.3 cm³/mol. The number of hydrogen-bond acceptors (Lipinski definition) is 4. The molecule has 1 N–H and O–H groups in total. The summed E-state index contributed by atoms with van der Waals surface area (Å²) >= 11 is 0. The molecule has 1 saturated heterocycles. The Bertz CT molecular complexity index is 642. The molecule has 0 aliphatic carbocycles. The molecule has 0 saturated carbocycles. The van der Waals surface area contributed by atoms with Gasteiger partial charge in [-0.05, 0) is 12.5 Å². The number of halogens is 3. The average Bonchev–Trinajstić information content (AvgIpc) is 2.47. The molecule has 1 amide bonds. The minimum absolute atomic E-state index is 0.0548. The molecule has 0 radical (unpaired) electrons. The van der Waals surface area contributed by atoms with Crippen LogP contribution in [0.2, 0.25) is 0 Å². The summed E-state index contributed by atoms with van der Waals surface area (Å²) in [6.45, 7) is 1.58. The number of hydrogen-bond donors (Lipinski definition) is 1. The number of alkyl halides is 3. The largest absolute Gasteiger partial charge is 0.417 e. The summed E-state index contributed by atoms with van der Waals surface area (Å²) in [7, 11) is 1.43. The van der Waals surface area contributed by atoms with E-state index in [1.807, 2.05) is 0 Å². The van der Waals surface area contributed by atoms with Crippen molar-refractivity contribution in [2.75, 3.05) is 25.6 Å². The lowest BCUT2D eigenvalue weighted by Crippen LogP contribution is -2.41. The molecule has 2 rings (SSSR count). The maximum atomic E-state index is 13.1. The smallest absolute Gasteiger partial charge is 0.379 e. The Hall–Kier alpha value is -1.87. The summed E-state index contributed by atoms with van der Waals surface area (Å²) in [5.41, 5.74) is -2.18. The highest BCUT2D eigenvalue weighted by Gasteiger charge is 2.35. The average molecular weight is 334 g/mol. The van der Waals surface area contributed by atoms with E-state index in [1.165, 1.54) is 7.11 Å². The van der Waals surface area contributed by atoms with Gasteiger partial charge in [-0.3, -0.25) is 9.59 Å². The van der Waals surface area contributed by atoms with Gasteiger partial charge in [-0.2, -0.15) is 13.2 Å². The first-order valence-corrected chi connectivity index (χ1v) is 6.95. The summed E-state index contributed by atoms with van der Waals surface area (Å²) in [5, 5.41) is 2.14. The maximum absolute atomic E-state index is 13.1. The van der Waals surface area contributed by atoms with Crippen molar-refractivity contribution in [1.29, 1.82) is 0 Å². The third kappa shape index (κ3) is 3.91. The van der Waals surface area contributed by atoms with Crippen molar-refractivity contribution in [3.05, 3.63) is 28.2 Å². The molecule has 6 nitrogen and oxygen atoms in total. The Kier molecular flexibility index (Phi) is 5.10. The molecule has 1 fully saturated rings. The summed E-state index contributed by atoms with van der Waals surface area (Å²) in [6, 6.07) is -0.0674. The number of carbonyl (C=O) groups is 1. The molecule has 1 aliphatic rings. The van der Waals surface area contributed by atoms with Crippen LogP contribution in [0.15, 0.2) is 17.1 Å². The Morgan fingerprint density at radius 2 is 2.17 bits per heavy atom. The first kappa shape index (κ1) is 17.5. The van der Waals surface area contributed by atoms with Gasteiger partial charge in [0, 0.05) is 26.8 Å². The van der Waals surface area contributed by atoms with Crippen molar-refractivity contribution in [2.24, 2.45) is 0 Å². The zero-order chi connectivity index (χ0) is 17.2. The highest BCUT2D eigenvalue weighted by atomic mass is 19.4. The Morgan fingerprint density at radius 3 is 2.74 bits per heavy atom. The van der Waals surface area contributed by atoms with E-state index in [0.29, 0.717) is 19.1 Å². The summed E-state index contributed by atoms with van der Waals surface area (Å²) in [6.07, 6.45) is -3.91. The first-order chi connectivity index (χ1) is 10.7. The predicted octanol–water partition coefficient (Wildman–Crippen LogP) is 1.80. The van der Waals surface area contributed by atoms with Gasteiger partial charge < -0.3 is 19.4 Å². The highest BCUT2D eigenvalue weighted by Crippen LogP contribution is 2.31. The minimum Gasteiger partial charge on any atom is -0.379 e. The van der Waals surface area contributed by atoms with Crippen molar-refractivity contribution >= 4 is 11.6 Å². The molecule has 1 aromatic rings. The van der Waals surface area contributed by atoms with Crippen LogP contribution in [0.5, 0.6) is 0 Å². The second kappa shape index (κ2) is 6.71. The fourth-order valence-corrected chi connectivity index (χ4v) is 2.52. The molecule has 0 bridgehead atoms. The van der Waals surface area contributed by atoms with Gasteiger partial charge in [-0.25, -0.2) is 0 Å². The number of carbonyl (C=O) groups excluding carboxylic acids is 1. The zero-order valence-electron chi connectivity index (χ0n) is 12.6. The van der Waals surface area contributed by atoms with Crippen molar-refractivity contribution in [3.8, 4) is 0 Å². The lowest BCUT2D eigenvalue weighted by Gasteiger charge is -2.32. The number of pyridine rings is 1. The van der Waals surface area contributed by atoms with Crippen LogP contribution in [0.3, 0.4) is 0 Å². The van der Waals surface area contributed by atoms with Gasteiger partial charge in [-0.15, -0.1) is 0 Å². The van der Waals surface area contributed by atoms with Crippen LogP contribution < -0.4 is 10.9 Å². The molecule has 9 heteroatoms. The molecule has 23 heavy (non-hydrogen) atoms. The Morgan fingerprint density at radius 1 is 1.48 bits per heavy atom. The third-order valence-corrected chi connectivity index (χ3v) is 3.61. The summed E-state index contributed by atoms with van der Waals surface area (Å²) in [4.78, 5) is 23.6. The first-order valence-electron chi connectivity index (χ1n) is 6.95. The molecule has 2 heterocycles. The second-order valence-electron chi connectivity index (χ2n) is 5.24. The summed E-state index contributed by atoms with van der Waals surface area (Å²) in [5.74, 6) is -0.629. The van der Waals surface area contributed by atoms with Crippen molar-refractivity contribution in [2.45, 2.75) is 31.7 Å². The van der Waals surface area contributed by atoms with Crippen molar-refractivity contribution < 1.29 is 27.4 Å². The van der Waals surface area contributed by atoms with E-state index >= 15 is 0 Å². The fraction of sp³-hybridized carbons (Fsp3) is 0.571. The van der Waals surface area contributed by atoms with Gasteiger partial charge in [0.25, 0.3) is 5.56 Å². The van der Waals surface area contributed by atoms with E-state index < -0.39 is 41.0 Å². The fourth-order valence-electron chi connectivity index (χ4n) is 2.52. The monoisotopic (exact) mass is 334 g/mol. The molecule has 1 aliphatic heterocycles. The lowest BCUT2D eigenvalue weighted by molar-refractivity contribution is -0.138. The van der Waals surface area contributed by atoms with Crippen molar-refractivity contribution in [1.82, 2.24) is 4.57 Å². The Balaban J connectivity index is 2.56. The van der Waals surface area contributed by atoms with Crippen molar-refractivity contribution in [3.63, 3.8) is 0 Å². The SMILES string of the molecule is CO[C@@H]1CCOCC1n1cc(C(F)(F)F)cc(NC(C)=O)c1=O. The van der Waals surface area contributed by atoms with E-state index in [4.69, 9.17) is 9.47 Å². The molecular formula is C14H17F3N2O4. The van der Waals surface area contributed by atoms with Crippen LogP contribution in [-0.2, 0) is 20.4 Å². The standard InChI is InChI=1S/C14H17F3N2O4/c1-8(20)18-10-5-9(14(15,16)17)6-19(13(10)21)11-7-23-4-3-12(11)22-2/h5-6,11-12H,3-4,7H2,1-2H3,(H,18,20)/t11?,12-/m1/s1. The van der Waals surface area contributed by atoms with Crippen LogP contribution in [0, 0.1) is 0 Å². The molecule has 0 aromatic carbocycles. The highest BCUT2D eigenvalue weighted by molar-refractivity contribution is 5.88. The number of anilines is 1. The number of ether oxygens (including phenoxy) is 2. The van der Waals surface area contributed by atoms with Gasteiger partial charge in [0.1, 0.15) is 5.69 Å². The third-order valence-electron chi connectivity index (χ3n) is 3.61. The van der Waals surface area contributed by atoms with Crippen LogP contribution in [0.4, 0.5) is 18.9 Å². The number of nitrogens with zero attached hydrogens (tertiary/aromatic N) is 1. The number of aromatic nitrogens is 1. The van der Waals surface area contributed by atoms with Crippen LogP contribution in [0.25, 0.3) is 0 Å². The van der Waals surface area contributed by atoms with Crippen LogP contribution >= 0.6 is 0 Å². The van der Waals surface area contributed by atoms with Crippen LogP contribution in [-0.4, -0.2) is 36.9 Å². The van der Waals surface area contributed by atoms with E-state index in [0.717, 1.165) is 17.7 Å². The van der Waals surface area contributed by atoms with E-state index in [-0.39, 0.29) is 6.61 Å². The molecular weight excluding hydrogens is 317 g/mol. The number of rotatable bonds is 3. The van der Waals surface area contributed by atoms with E-state index in [9.17, 15) is 22.8 Å². The molecule has 0 spiro atoms. The minimum atomic E-state index is -4.65.